The van der Waals surface area contributed by atoms with E-state index in [0.717, 1.165) is 19.4 Å². The van der Waals surface area contributed by atoms with Crippen LogP contribution in [0.4, 0.5) is 0 Å². The van der Waals surface area contributed by atoms with Gasteiger partial charge in [-0.05, 0) is 44.6 Å². The maximum atomic E-state index is 5.86. The molecule has 0 spiro atoms. The topological polar surface area (TPSA) is 21.3 Å². The van der Waals surface area contributed by atoms with Crippen LogP contribution in [0.5, 0.6) is 0 Å². The van der Waals surface area contributed by atoms with Crippen LogP contribution in [0.1, 0.15) is 45.4 Å². The summed E-state index contributed by atoms with van der Waals surface area (Å²) in [4.78, 5) is 1.47. The number of nitrogens with one attached hydrogen (secondary N) is 1. The molecule has 1 N–H and O–H groups in total. The van der Waals surface area contributed by atoms with Gasteiger partial charge in [-0.15, -0.1) is 11.3 Å². The number of hydrogen-bond acceptors (Lipinski definition) is 3. The zero-order valence-electron chi connectivity index (χ0n) is 12.6. The fraction of sp³-hybridized carbons (Fsp3) is 0.750. The number of thiophene rings is 1. The number of rotatable bonds is 7. The van der Waals surface area contributed by atoms with Crippen LogP contribution < -0.4 is 5.32 Å². The Balaban J connectivity index is 1.86. The Morgan fingerprint density at radius 3 is 2.89 bits per heavy atom. The van der Waals surface area contributed by atoms with E-state index >= 15 is 0 Å². The second-order valence-electron chi connectivity index (χ2n) is 5.94. The van der Waals surface area contributed by atoms with Crippen molar-refractivity contribution in [1.82, 2.24) is 5.32 Å². The molecule has 1 aliphatic carbocycles. The molecule has 2 nitrogen and oxygen atoms in total. The van der Waals surface area contributed by atoms with Gasteiger partial charge in [-0.25, -0.2) is 0 Å². The van der Waals surface area contributed by atoms with Gasteiger partial charge in [0.1, 0.15) is 0 Å². The Morgan fingerprint density at radius 1 is 1.53 bits per heavy atom. The molecule has 0 radical (unpaired) electrons. The standard InChI is InChI=1S/C16H27NOS/c1-5-16(4)14(11-15(16)18-6-2)17-12(3)10-13-8-7-9-19-13/h7-9,12,14-15,17H,5-6,10-11H2,1-4H3. The summed E-state index contributed by atoms with van der Waals surface area (Å²) in [6, 6.07) is 5.50. The van der Waals surface area contributed by atoms with Gasteiger partial charge < -0.3 is 10.1 Å². The summed E-state index contributed by atoms with van der Waals surface area (Å²) in [6.07, 6.45) is 3.91. The zero-order valence-corrected chi connectivity index (χ0v) is 13.4. The van der Waals surface area contributed by atoms with E-state index in [1.807, 2.05) is 11.3 Å². The van der Waals surface area contributed by atoms with Crippen molar-refractivity contribution < 1.29 is 4.74 Å². The van der Waals surface area contributed by atoms with Crippen molar-refractivity contribution in [3.8, 4) is 0 Å². The van der Waals surface area contributed by atoms with Crippen molar-refractivity contribution in [3.05, 3.63) is 22.4 Å². The molecule has 0 amide bonds. The highest BCUT2D eigenvalue weighted by Crippen LogP contribution is 2.46. The lowest BCUT2D eigenvalue weighted by Crippen LogP contribution is -2.63. The second-order valence-corrected chi connectivity index (χ2v) is 6.98. The maximum absolute atomic E-state index is 5.86. The van der Waals surface area contributed by atoms with Crippen LogP contribution in [0, 0.1) is 5.41 Å². The highest BCUT2D eigenvalue weighted by Gasteiger charge is 2.51. The molecule has 1 aromatic rings. The first-order valence-corrected chi connectivity index (χ1v) is 8.38. The van der Waals surface area contributed by atoms with Crippen molar-refractivity contribution in [3.63, 3.8) is 0 Å². The van der Waals surface area contributed by atoms with Crippen LogP contribution in [-0.2, 0) is 11.2 Å². The summed E-state index contributed by atoms with van der Waals surface area (Å²) in [5.41, 5.74) is 0.305. The quantitative estimate of drug-likeness (QED) is 0.819. The lowest BCUT2D eigenvalue weighted by atomic mass is 9.61. The van der Waals surface area contributed by atoms with Gasteiger partial charge >= 0.3 is 0 Å². The van der Waals surface area contributed by atoms with Crippen molar-refractivity contribution >= 4 is 11.3 Å². The molecule has 1 fully saturated rings. The lowest BCUT2D eigenvalue weighted by molar-refractivity contribution is -0.127. The minimum atomic E-state index is 0.305. The molecule has 1 heterocycles. The van der Waals surface area contributed by atoms with E-state index in [1.54, 1.807) is 0 Å². The molecule has 19 heavy (non-hydrogen) atoms. The third kappa shape index (κ3) is 3.21. The van der Waals surface area contributed by atoms with Gasteiger partial charge in [0.25, 0.3) is 0 Å². The van der Waals surface area contributed by atoms with Crippen molar-refractivity contribution in [2.24, 2.45) is 5.41 Å². The predicted octanol–water partition coefficient (Wildman–Crippen LogP) is 3.86. The SMILES string of the molecule is CCOC1CC(NC(C)Cc2cccs2)C1(C)CC. The van der Waals surface area contributed by atoms with E-state index in [0.29, 0.717) is 23.6 Å². The van der Waals surface area contributed by atoms with E-state index in [-0.39, 0.29) is 0 Å². The first-order chi connectivity index (χ1) is 9.10. The molecule has 3 heteroatoms. The van der Waals surface area contributed by atoms with Gasteiger partial charge in [0, 0.05) is 29.0 Å². The van der Waals surface area contributed by atoms with Crippen molar-refractivity contribution in [1.29, 1.82) is 0 Å². The van der Waals surface area contributed by atoms with Crippen molar-refractivity contribution in [2.45, 2.75) is 65.1 Å². The van der Waals surface area contributed by atoms with E-state index < -0.39 is 0 Å². The molecule has 0 saturated heterocycles. The highest BCUT2D eigenvalue weighted by molar-refractivity contribution is 7.09. The minimum Gasteiger partial charge on any atom is -0.378 e. The van der Waals surface area contributed by atoms with Crippen LogP contribution in [0.15, 0.2) is 17.5 Å². The normalized spacial score (nSPS) is 32.0. The predicted molar refractivity (Wildman–Crippen MR) is 82.8 cm³/mol. The van der Waals surface area contributed by atoms with Crippen LogP contribution in [0.2, 0.25) is 0 Å². The fourth-order valence-electron chi connectivity index (χ4n) is 3.14. The molecule has 1 aliphatic rings. The van der Waals surface area contributed by atoms with Gasteiger partial charge in [-0.2, -0.15) is 0 Å². The molecule has 1 saturated carbocycles. The van der Waals surface area contributed by atoms with Gasteiger partial charge in [0.2, 0.25) is 0 Å². The Hall–Kier alpha value is -0.380. The van der Waals surface area contributed by atoms with E-state index in [9.17, 15) is 0 Å². The lowest BCUT2D eigenvalue weighted by Gasteiger charge is -2.54. The summed E-state index contributed by atoms with van der Waals surface area (Å²) in [5.74, 6) is 0. The first-order valence-electron chi connectivity index (χ1n) is 7.50. The molecule has 0 aromatic carbocycles. The summed E-state index contributed by atoms with van der Waals surface area (Å²) in [6.45, 7) is 9.87. The van der Waals surface area contributed by atoms with Crippen LogP contribution in [-0.4, -0.2) is 24.8 Å². The average Bonchev–Trinajstić information content (AvgIpc) is 2.89. The number of ether oxygens (including phenoxy) is 1. The third-order valence-corrected chi connectivity index (χ3v) is 5.58. The second kappa shape index (κ2) is 6.38. The smallest absolute Gasteiger partial charge is 0.0658 e. The maximum Gasteiger partial charge on any atom is 0.0658 e. The Bertz CT molecular complexity index is 378. The fourth-order valence-corrected chi connectivity index (χ4v) is 3.98. The molecule has 4 unspecified atom stereocenters. The zero-order chi connectivity index (χ0) is 13.9. The first kappa shape index (κ1) is 15.0. The third-order valence-electron chi connectivity index (χ3n) is 4.68. The van der Waals surface area contributed by atoms with Crippen LogP contribution >= 0.6 is 11.3 Å². The Morgan fingerprint density at radius 2 is 2.32 bits per heavy atom. The van der Waals surface area contributed by atoms with Gasteiger partial charge in [-0.3, -0.25) is 0 Å². The molecule has 1 aromatic heterocycles. The highest BCUT2D eigenvalue weighted by atomic mass is 32.1. The Labute approximate surface area is 121 Å². The summed E-state index contributed by atoms with van der Waals surface area (Å²) in [7, 11) is 0. The minimum absolute atomic E-state index is 0.305. The van der Waals surface area contributed by atoms with E-state index in [4.69, 9.17) is 4.74 Å². The molecule has 0 bridgehead atoms. The van der Waals surface area contributed by atoms with E-state index in [2.05, 4.69) is 50.5 Å². The van der Waals surface area contributed by atoms with Gasteiger partial charge in [-0.1, -0.05) is 19.9 Å². The molecular weight excluding hydrogens is 254 g/mol. The largest absolute Gasteiger partial charge is 0.378 e. The molecule has 4 atom stereocenters. The molecule has 0 aliphatic heterocycles. The summed E-state index contributed by atoms with van der Waals surface area (Å²) in [5, 5.41) is 5.97. The van der Waals surface area contributed by atoms with Crippen LogP contribution in [0.25, 0.3) is 0 Å². The molecule has 108 valence electrons. The van der Waals surface area contributed by atoms with Crippen molar-refractivity contribution in [2.75, 3.05) is 6.61 Å². The summed E-state index contributed by atoms with van der Waals surface area (Å²) < 4.78 is 5.86. The average molecular weight is 281 g/mol. The molecular formula is C16H27NOS. The molecule has 2 rings (SSSR count). The monoisotopic (exact) mass is 281 g/mol. The van der Waals surface area contributed by atoms with Gasteiger partial charge in [0.05, 0.1) is 6.10 Å². The number of hydrogen-bond donors (Lipinski definition) is 1. The van der Waals surface area contributed by atoms with E-state index in [1.165, 1.54) is 11.3 Å². The van der Waals surface area contributed by atoms with Gasteiger partial charge in [0.15, 0.2) is 0 Å². The Kier molecular flexibility index (Phi) is 5.04. The van der Waals surface area contributed by atoms with Crippen LogP contribution in [0.3, 0.4) is 0 Å². The summed E-state index contributed by atoms with van der Waals surface area (Å²) >= 11 is 1.85.